The molecule has 0 saturated carbocycles. The standard InChI is InChI=1S/C22H24ClN5O6/c23-14-3-1-2-13(10-14)19(30)28-17(21(32)33)12-27-20(31)16-5-4-15(11-18(16)29)34-9-8-26-22-24-6-7-25-22/h1-5,10-11,17,29H,6-9,12H2,(H,27,31)(H,28,30)(H,32,33)(H2,24,25,26)/t17-/m0/s1. The Kier molecular flexibility index (Phi) is 8.52. The number of phenols is 1. The van der Waals surface area contributed by atoms with Crippen molar-refractivity contribution in [3.05, 3.63) is 58.6 Å². The normalized spacial score (nSPS) is 13.3. The lowest BCUT2D eigenvalue weighted by atomic mass is 10.1. The number of aliphatic imine (C=N–C) groups is 1. The van der Waals surface area contributed by atoms with E-state index in [9.17, 15) is 24.6 Å². The van der Waals surface area contributed by atoms with Crippen molar-refractivity contribution in [2.45, 2.75) is 6.04 Å². The zero-order valence-electron chi connectivity index (χ0n) is 18.0. The molecule has 0 unspecified atom stereocenters. The van der Waals surface area contributed by atoms with Gasteiger partial charge in [0.25, 0.3) is 11.8 Å². The van der Waals surface area contributed by atoms with Gasteiger partial charge in [-0.3, -0.25) is 14.6 Å². The molecule has 2 amide bonds. The number of rotatable bonds is 10. The number of nitrogens with zero attached hydrogens (tertiary/aromatic N) is 1. The van der Waals surface area contributed by atoms with Crippen LogP contribution in [0, 0.1) is 0 Å². The van der Waals surface area contributed by atoms with E-state index in [2.05, 4.69) is 26.3 Å². The number of carbonyl (C=O) groups is 3. The third-order valence-corrected chi connectivity index (χ3v) is 4.94. The minimum atomic E-state index is -1.40. The summed E-state index contributed by atoms with van der Waals surface area (Å²) in [5.41, 5.74) is 0.112. The van der Waals surface area contributed by atoms with Crippen LogP contribution in [0.4, 0.5) is 0 Å². The van der Waals surface area contributed by atoms with Crippen molar-refractivity contribution in [2.24, 2.45) is 4.99 Å². The molecule has 0 spiro atoms. The van der Waals surface area contributed by atoms with Crippen LogP contribution in [0.2, 0.25) is 5.02 Å². The fraction of sp³-hybridized carbons (Fsp3) is 0.273. The molecule has 12 heteroatoms. The van der Waals surface area contributed by atoms with E-state index in [1.165, 1.54) is 30.3 Å². The third kappa shape index (κ3) is 7.01. The Morgan fingerprint density at radius 1 is 1.18 bits per heavy atom. The number of nitrogens with one attached hydrogen (secondary N) is 4. The molecule has 1 atom stereocenters. The van der Waals surface area contributed by atoms with Crippen LogP contribution < -0.4 is 26.0 Å². The highest BCUT2D eigenvalue weighted by molar-refractivity contribution is 6.31. The van der Waals surface area contributed by atoms with E-state index in [4.69, 9.17) is 16.3 Å². The highest BCUT2D eigenvalue weighted by atomic mass is 35.5. The fourth-order valence-electron chi connectivity index (χ4n) is 3.01. The number of benzene rings is 2. The second-order valence-corrected chi connectivity index (χ2v) is 7.63. The number of hydrogen-bond acceptors (Lipinski definition) is 8. The summed E-state index contributed by atoms with van der Waals surface area (Å²) < 4.78 is 5.53. The number of ether oxygens (including phenoxy) is 1. The van der Waals surface area contributed by atoms with Crippen LogP contribution in [0.5, 0.6) is 11.5 Å². The van der Waals surface area contributed by atoms with E-state index in [0.29, 0.717) is 29.9 Å². The summed E-state index contributed by atoms with van der Waals surface area (Å²) in [6, 6.07) is 8.77. The van der Waals surface area contributed by atoms with E-state index >= 15 is 0 Å². The SMILES string of the molecule is O=C(N[C@@H](CNC(=O)c1ccc(OCCNC2=NCCN2)cc1O)C(=O)O)c1cccc(Cl)c1. The molecular weight excluding hydrogens is 466 g/mol. The molecule has 2 aromatic rings. The number of carboxylic acid groups (broad SMARTS) is 1. The molecule has 0 aliphatic carbocycles. The van der Waals surface area contributed by atoms with E-state index in [1.54, 1.807) is 12.1 Å². The van der Waals surface area contributed by atoms with Crippen molar-refractivity contribution < 1.29 is 29.3 Å². The number of hydrogen-bond donors (Lipinski definition) is 6. The highest BCUT2D eigenvalue weighted by Crippen LogP contribution is 2.23. The van der Waals surface area contributed by atoms with Gasteiger partial charge in [0.1, 0.15) is 24.1 Å². The smallest absolute Gasteiger partial charge is 0.328 e. The molecule has 180 valence electrons. The molecule has 0 saturated heterocycles. The molecular formula is C22H24ClN5O6. The molecule has 0 fully saturated rings. The highest BCUT2D eigenvalue weighted by Gasteiger charge is 2.22. The zero-order chi connectivity index (χ0) is 24.5. The quantitative estimate of drug-likeness (QED) is 0.264. The summed E-state index contributed by atoms with van der Waals surface area (Å²) in [5.74, 6) is -1.97. The molecule has 0 radical (unpaired) electrons. The average molecular weight is 490 g/mol. The number of aromatic hydroxyl groups is 1. The first-order valence-corrected chi connectivity index (χ1v) is 10.8. The molecule has 11 nitrogen and oxygen atoms in total. The van der Waals surface area contributed by atoms with Gasteiger partial charge in [0.15, 0.2) is 5.96 Å². The van der Waals surface area contributed by atoms with E-state index in [0.717, 1.165) is 13.1 Å². The van der Waals surface area contributed by atoms with Crippen LogP contribution in [0.25, 0.3) is 0 Å². The fourth-order valence-corrected chi connectivity index (χ4v) is 3.20. The molecule has 2 aromatic carbocycles. The minimum Gasteiger partial charge on any atom is -0.507 e. The maximum absolute atomic E-state index is 12.4. The Labute approximate surface area is 200 Å². The van der Waals surface area contributed by atoms with Gasteiger partial charge in [0.05, 0.1) is 18.7 Å². The second-order valence-electron chi connectivity index (χ2n) is 7.20. The van der Waals surface area contributed by atoms with Crippen molar-refractivity contribution in [2.75, 3.05) is 32.8 Å². The predicted octanol–water partition coefficient (Wildman–Crippen LogP) is 0.586. The van der Waals surface area contributed by atoms with Crippen LogP contribution in [0.3, 0.4) is 0 Å². The lowest BCUT2D eigenvalue weighted by molar-refractivity contribution is -0.139. The van der Waals surface area contributed by atoms with Crippen LogP contribution in [0.1, 0.15) is 20.7 Å². The number of amides is 2. The van der Waals surface area contributed by atoms with Gasteiger partial charge in [-0.25, -0.2) is 4.79 Å². The van der Waals surface area contributed by atoms with Crippen LogP contribution in [-0.2, 0) is 4.79 Å². The van der Waals surface area contributed by atoms with Crippen molar-refractivity contribution in [1.29, 1.82) is 0 Å². The Bertz CT molecular complexity index is 1090. The Hall–Kier alpha value is -3.99. The number of halogens is 1. The summed E-state index contributed by atoms with van der Waals surface area (Å²) >= 11 is 5.85. The molecule has 6 N–H and O–H groups in total. The van der Waals surface area contributed by atoms with Crippen LogP contribution >= 0.6 is 11.6 Å². The lowest BCUT2D eigenvalue weighted by Gasteiger charge is -2.16. The van der Waals surface area contributed by atoms with Gasteiger partial charge in [-0.15, -0.1) is 0 Å². The number of aliphatic carboxylic acids is 1. The molecule has 0 bridgehead atoms. The molecule has 3 rings (SSSR count). The first-order chi connectivity index (χ1) is 16.3. The largest absolute Gasteiger partial charge is 0.507 e. The summed E-state index contributed by atoms with van der Waals surface area (Å²) in [7, 11) is 0. The average Bonchev–Trinajstić information content (AvgIpc) is 3.32. The van der Waals surface area contributed by atoms with Gasteiger partial charge in [-0.2, -0.15) is 0 Å². The first-order valence-electron chi connectivity index (χ1n) is 10.4. The van der Waals surface area contributed by atoms with Crippen molar-refractivity contribution in [3.63, 3.8) is 0 Å². The third-order valence-electron chi connectivity index (χ3n) is 4.71. The summed E-state index contributed by atoms with van der Waals surface area (Å²) in [5, 5.41) is 30.8. The molecule has 1 aliphatic rings. The van der Waals surface area contributed by atoms with Gasteiger partial charge in [0, 0.05) is 29.7 Å². The first kappa shape index (κ1) is 24.6. The molecule has 1 heterocycles. The second kappa shape index (κ2) is 11.8. The zero-order valence-corrected chi connectivity index (χ0v) is 18.8. The van der Waals surface area contributed by atoms with E-state index < -0.39 is 30.4 Å². The van der Waals surface area contributed by atoms with Crippen molar-refractivity contribution in [3.8, 4) is 11.5 Å². The van der Waals surface area contributed by atoms with Crippen molar-refractivity contribution >= 4 is 35.3 Å². The van der Waals surface area contributed by atoms with Crippen LogP contribution in [0.15, 0.2) is 47.5 Å². The Morgan fingerprint density at radius 3 is 2.68 bits per heavy atom. The summed E-state index contributed by atoms with van der Waals surface area (Å²) in [6.07, 6.45) is 0. The Morgan fingerprint density at radius 2 is 2.00 bits per heavy atom. The van der Waals surface area contributed by atoms with Gasteiger partial charge < -0.3 is 36.2 Å². The van der Waals surface area contributed by atoms with Crippen molar-refractivity contribution in [1.82, 2.24) is 21.3 Å². The summed E-state index contributed by atoms with van der Waals surface area (Å²) in [4.78, 5) is 40.5. The number of guanidine groups is 1. The number of phenolic OH excluding ortho intramolecular Hbond substituents is 1. The summed E-state index contributed by atoms with van der Waals surface area (Å²) in [6.45, 7) is 1.91. The van der Waals surface area contributed by atoms with Crippen LogP contribution in [-0.4, -0.2) is 72.8 Å². The van der Waals surface area contributed by atoms with Gasteiger partial charge in [0.2, 0.25) is 0 Å². The molecule has 0 aromatic heterocycles. The lowest BCUT2D eigenvalue weighted by Crippen LogP contribution is -2.48. The van der Waals surface area contributed by atoms with Gasteiger partial charge in [-0.1, -0.05) is 17.7 Å². The minimum absolute atomic E-state index is 0.0692. The number of carboxylic acids is 1. The Balaban J connectivity index is 1.50. The van der Waals surface area contributed by atoms with Gasteiger partial charge in [-0.05, 0) is 30.3 Å². The maximum atomic E-state index is 12.4. The number of carbonyl (C=O) groups excluding carboxylic acids is 2. The topological polar surface area (TPSA) is 161 Å². The monoisotopic (exact) mass is 489 g/mol. The van der Waals surface area contributed by atoms with E-state index in [1.807, 2.05) is 0 Å². The van der Waals surface area contributed by atoms with Gasteiger partial charge >= 0.3 is 5.97 Å². The van der Waals surface area contributed by atoms with E-state index in [-0.39, 0.29) is 16.9 Å². The maximum Gasteiger partial charge on any atom is 0.328 e. The predicted molar refractivity (Wildman–Crippen MR) is 125 cm³/mol. The molecule has 34 heavy (non-hydrogen) atoms. The molecule has 1 aliphatic heterocycles.